The summed E-state index contributed by atoms with van der Waals surface area (Å²) in [6.45, 7) is 6.08. The van der Waals surface area contributed by atoms with E-state index in [0.29, 0.717) is 5.25 Å². The van der Waals surface area contributed by atoms with Crippen molar-refractivity contribution in [2.24, 2.45) is 0 Å². The van der Waals surface area contributed by atoms with Gasteiger partial charge < -0.3 is 9.97 Å². The molecule has 1 aliphatic rings. The van der Waals surface area contributed by atoms with E-state index in [4.69, 9.17) is 0 Å². The summed E-state index contributed by atoms with van der Waals surface area (Å²) in [6.07, 6.45) is 4.24. The fourth-order valence-electron chi connectivity index (χ4n) is 3.14. The third kappa shape index (κ3) is 2.48. The van der Waals surface area contributed by atoms with Gasteiger partial charge in [-0.05, 0) is 50.3 Å². The first-order valence-electron chi connectivity index (χ1n) is 7.22. The fourth-order valence-corrected chi connectivity index (χ4v) is 4.23. The zero-order chi connectivity index (χ0) is 15.0. The molecular weight excluding hydrogens is 280 g/mol. The summed E-state index contributed by atoms with van der Waals surface area (Å²) < 4.78 is 0. The molecule has 1 aliphatic heterocycles. The number of rotatable bonds is 4. The quantitative estimate of drug-likeness (QED) is 0.830. The lowest BCUT2D eigenvalue weighted by atomic mass is 9.92. The normalized spacial score (nSPS) is 19.1. The minimum Gasteiger partial charge on any atom is -0.362 e. The Bertz CT molecular complexity index is 688. The third-order valence-corrected chi connectivity index (χ3v) is 5.41. The minimum absolute atomic E-state index is 0.256. The zero-order valence-electron chi connectivity index (χ0n) is 12.6. The maximum Gasteiger partial charge on any atom is 0.152 e. The maximum atomic E-state index is 11.3. The van der Waals surface area contributed by atoms with Crippen molar-refractivity contribution in [1.29, 1.82) is 0 Å². The summed E-state index contributed by atoms with van der Waals surface area (Å²) in [6, 6.07) is 4.27. The molecule has 0 amide bonds. The summed E-state index contributed by atoms with van der Waals surface area (Å²) in [5, 5.41) is 2.65. The van der Waals surface area contributed by atoms with Gasteiger partial charge in [0.25, 0.3) is 0 Å². The van der Waals surface area contributed by atoms with E-state index in [2.05, 4.69) is 40.5 Å². The van der Waals surface area contributed by atoms with E-state index in [0.717, 1.165) is 35.2 Å². The molecule has 110 valence electrons. The van der Waals surface area contributed by atoms with E-state index in [1.54, 1.807) is 0 Å². The number of carbonyl (C=O) groups excluding carboxylic acids is 1. The second-order valence-electron chi connectivity index (χ2n) is 5.68. The highest BCUT2D eigenvalue weighted by Crippen LogP contribution is 2.41. The van der Waals surface area contributed by atoms with Gasteiger partial charge in [-0.3, -0.25) is 4.79 Å². The number of hydrogen-bond donors (Lipinski definition) is 2. The van der Waals surface area contributed by atoms with Gasteiger partial charge in [-0.1, -0.05) is 6.08 Å². The summed E-state index contributed by atoms with van der Waals surface area (Å²) in [5.41, 5.74) is 6.39. The number of aromatic nitrogens is 2. The number of aldehydes is 1. The van der Waals surface area contributed by atoms with Gasteiger partial charge in [0.1, 0.15) is 0 Å². The van der Waals surface area contributed by atoms with Gasteiger partial charge >= 0.3 is 0 Å². The van der Waals surface area contributed by atoms with Crippen LogP contribution in [0.5, 0.6) is 0 Å². The first-order valence-corrected chi connectivity index (χ1v) is 8.16. The lowest BCUT2D eigenvalue weighted by Gasteiger charge is -2.22. The molecule has 0 fully saturated rings. The van der Waals surface area contributed by atoms with Gasteiger partial charge in [0, 0.05) is 33.6 Å². The molecule has 21 heavy (non-hydrogen) atoms. The van der Waals surface area contributed by atoms with Crippen LogP contribution in [-0.4, -0.2) is 21.5 Å². The average Bonchev–Trinajstić information content (AvgIpc) is 3.15. The predicted octanol–water partition coefficient (Wildman–Crippen LogP) is 4.23. The monoisotopic (exact) mass is 300 g/mol. The average molecular weight is 300 g/mol. The molecule has 2 aromatic rings. The first kappa shape index (κ1) is 14.3. The molecule has 0 aromatic carbocycles. The number of nitrogens with one attached hydrogen (secondary N) is 2. The van der Waals surface area contributed by atoms with E-state index in [1.165, 1.54) is 11.4 Å². The Morgan fingerprint density at radius 2 is 2.10 bits per heavy atom. The van der Waals surface area contributed by atoms with Crippen LogP contribution in [0.2, 0.25) is 0 Å². The number of aryl methyl sites for hydroxylation is 2. The molecule has 3 rings (SSSR count). The van der Waals surface area contributed by atoms with E-state index in [-0.39, 0.29) is 5.92 Å². The van der Waals surface area contributed by atoms with Gasteiger partial charge in [0.15, 0.2) is 6.29 Å². The van der Waals surface area contributed by atoms with Crippen molar-refractivity contribution in [3.63, 3.8) is 0 Å². The smallest absolute Gasteiger partial charge is 0.152 e. The lowest BCUT2D eigenvalue weighted by Crippen LogP contribution is -2.16. The SMILES string of the molecule is Cc1ccc(C(c2[nH]c(C)c(C=O)c2C)C2CC=CS2)[nH]1. The highest BCUT2D eigenvalue weighted by Gasteiger charge is 2.30. The molecule has 2 aromatic heterocycles. The number of allylic oxidation sites excluding steroid dienone is 1. The predicted molar refractivity (Wildman–Crippen MR) is 88.2 cm³/mol. The molecule has 0 bridgehead atoms. The summed E-state index contributed by atoms with van der Waals surface area (Å²) in [7, 11) is 0. The molecule has 4 heteroatoms. The Balaban J connectivity index is 2.09. The first-order chi connectivity index (χ1) is 10.1. The van der Waals surface area contributed by atoms with Crippen LogP contribution in [-0.2, 0) is 0 Å². The van der Waals surface area contributed by atoms with Crippen LogP contribution in [0.15, 0.2) is 23.6 Å². The maximum absolute atomic E-state index is 11.3. The summed E-state index contributed by atoms with van der Waals surface area (Å²) >= 11 is 1.87. The van der Waals surface area contributed by atoms with E-state index in [9.17, 15) is 4.79 Å². The Hall–Kier alpha value is -1.68. The second kappa shape index (κ2) is 5.60. The summed E-state index contributed by atoms with van der Waals surface area (Å²) in [4.78, 5) is 18.2. The van der Waals surface area contributed by atoms with Crippen LogP contribution in [0.3, 0.4) is 0 Å². The van der Waals surface area contributed by atoms with Crippen LogP contribution in [0.25, 0.3) is 0 Å². The standard InChI is InChI=1S/C17H20N2OS/c1-10-6-7-14(18-10)16(15-5-4-8-21-15)17-11(2)13(9-20)12(3)19-17/h4,6-9,15-16,18-19H,5H2,1-3H3. The van der Waals surface area contributed by atoms with Crippen molar-refractivity contribution in [3.8, 4) is 0 Å². The zero-order valence-corrected chi connectivity index (χ0v) is 13.4. The summed E-state index contributed by atoms with van der Waals surface area (Å²) in [5.74, 6) is 0.256. The van der Waals surface area contributed by atoms with E-state index < -0.39 is 0 Å². The number of thioether (sulfide) groups is 1. The molecule has 2 atom stereocenters. The van der Waals surface area contributed by atoms with Gasteiger partial charge in [0.05, 0.1) is 5.92 Å². The minimum atomic E-state index is 0.256. The molecule has 0 radical (unpaired) electrons. The number of carbonyl (C=O) groups is 1. The van der Waals surface area contributed by atoms with Crippen molar-refractivity contribution in [2.75, 3.05) is 0 Å². The lowest BCUT2D eigenvalue weighted by molar-refractivity contribution is 0.112. The number of H-pyrrole nitrogens is 2. The largest absolute Gasteiger partial charge is 0.362 e. The molecule has 3 heterocycles. The topological polar surface area (TPSA) is 48.6 Å². The van der Waals surface area contributed by atoms with Gasteiger partial charge in [-0.15, -0.1) is 11.8 Å². The molecule has 0 aliphatic carbocycles. The Morgan fingerprint density at radius 3 is 2.62 bits per heavy atom. The molecule has 2 unspecified atom stereocenters. The van der Waals surface area contributed by atoms with E-state index in [1.807, 2.05) is 25.6 Å². The van der Waals surface area contributed by atoms with Gasteiger partial charge in [-0.25, -0.2) is 0 Å². The molecule has 3 nitrogen and oxygen atoms in total. The van der Waals surface area contributed by atoms with E-state index >= 15 is 0 Å². The van der Waals surface area contributed by atoms with Crippen molar-refractivity contribution < 1.29 is 4.79 Å². The molecule has 0 saturated carbocycles. The number of aromatic amines is 2. The Kier molecular flexibility index (Phi) is 3.81. The third-order valence-electron chi connectivity index (χ3n) is 4.24. The van der Waals surface area contributed by atoms with Crippen molar-refractivity contribution >= 4 is 18.0 Å². The molecular formula is C17H20N2OS. The number of hydrogen-bond acceptors (Lipinski definition) is 2. The highest BCUT2D eigenvalue weighted by atomic mass is 32.2. The van der Waals surface area contributed by atoms with Crippen LogP contribution < -0.4 is 0 Å². The van der Waals surface area contributed by atoms with Crippen LogP contribution >= 0.6 is 11.8 Å². The Labute approximate surface area is 129 Å². The fraction of sp³-hybridized carbons (Fsp3) is 0.353. The van der Waals surface area contributed by atoms with Crippen molar-refractivity contribution in [1.82, 2.24) is 9.97 Å². The molecule has 0 spiro atoms. The Morgan fingerprint density at radius 1 is 1.29 bits per heavy atom. The molecule has 2 N–H and O–H groups in total. The highest BCUT2D eigenvalue weighted by molar-refractivity contribution is 8.03. The van der Waals surface area contributed by atoms with Crippen LogP contribution in [0.4, 0.5) is 0 Å². The van der Waals surface area contributed by atoms with Gasteiger partial charge in [-0.2, -0.15) is 0 Å². The molecule has 0 saturated heterocycles. The second-order valence-corrected chi connectivity index (χ2v) is 6.83. The van der Waals surface area contributed by atoms with Crippen molar-refractivity contribution in [2.45, 2.75) is 38.4 Å². The van der Waals surface area contributed by atoms with Crippen LogP contribution in [0.1, 0.15) is 51.0 Å². The van der Waals surface area contributed by atoms with Gasteiger partial charge in [0.2, 0.25) is 0 Å². The van der Waals surface area contributed by atoms with Crippen LogP contribution in [0, 0.1) is 20.8 Å². The van der Waals surface area contributed by atoms with Crippen molar-refractivity contribution in [3.05, 3.63) is 57.5 Å².